The van der Waals surface area contributed by atoms with Crippen LogP contribution in [0.1, 0.15) is 90.4 Å². The summed E-state index contributed by atoms with van der Waals surface area (Å²) in [6, 6.07) is 0. The zero-order chi connectivity index (χ0) is 34.3. The number of hydrogen-bond acceptors (Lipinski definition) is 11. The standard InChI is InChI=1S/C39H54O11/c1-19-13-23-5-7-27-20(2)14-25(43-27)9-11-39-18-32-35(49-39)36-37(48-32)38(50-39)34-28(47-36)8-6-24(45-34)15-22(41)16-26-31(17-30(44-23)21(19)3)46-29(10-12-40)33(26)42-4/h12,19,23-38H,2-3,5-11,13-18H2,1,4H3/t19?,23?,24?,25?,26?,27?,28?,29?,30?,31-,32?,33+,34-,35-,36-,37?,38?,39-/m0/s1. The number of carbonyl (C=O) groups is 2. The number of methoxy groups -OCH3 is 1. The highest BCUT2D eigenvalue weighted by Crippen LogP contribution is 2.54. The summed E-state index contributed by atoms with van der Waals surface area (Å²) in [7, 11) is 1.64. The summed E-state index contributed by atoms with van der Waals surface area (Å²) >= 11 is 0. The average molecular weight is 699 g/mol. The summed E-state index contributed by atoms with van der Waals surface area (Å²) in [5, 5.41) is 0. The first-order valence-corrected chi connectivity index (χ1v) is 19.3. The van der Waals surface area contributed by atoms with Gasteiger partial charge in [0.05, 0.1) is 61.0 Å². The number of ether oxygens (including phenoxy) is 9. The van der Waals surface area contributed by atoms with Gasteiger partial charge in [-0.05, 0) is 62.0 Å². The van der Waals surface area contributed by atoms with E-state index < -0.39 is 11.9 Å². The molecule has 10 aliphatic heterocycles. The Morgan fingerprint density at radius 3 is 2.36 bits per heavy atom. The SMILES string of the molecule is C=C1CC2CC[C@@]34CC5OC6C(O3)[C@H]3OC(CCC3O[C@H]6[C@H]5O4)CC(=O)CC3[C@@H](OC)C(CC=O)O[C@H]3CC3OC(CCC1O2)CC(C)C3=C. The van der Waals surface area contributed by atoms with Gasteiger partial charge in [0.15, 0.2) is 5.79 Å². The summed E-state index contributed by atoms with van der Waals surface area (Å²) in [6.45, 7) is 11.1. The molecule has 0 N–H and O–H groups in total. The van der Waals surface area contributed by atoms with E-state index in [-0.39, 0.29) is 122 Å². The molecular weight excluding hydrogens is 644 g/mol. The zero-order valence-electron chi connectivity index (χ0n) is 29.5. The van der Waals surface area contributed by atoms with Crippen LogP contribution in [0.25, 0.3) is 0 Å². The summed E-state index contributed by atoms with van der Waals surface area (Å²) < 4.78 is 59.6. The van der Waals surface area contributed by atoms with E-state index >= 15 is 0 Å². The monoisotopic (exact) mass is 698 g/mol. The predicted octanol–water partition coefficient (Wildman–Crippen LogP) is 4.32. The van der Waals surface area contributed by atoms with Gasteiger partial charge in [-0.15, -0.1) is 0 Å². The van der Waals surface area contributed by atoms with Crippen LogP contribution in [-0.4, -0.2) is 117 Å². The third kappa shape index (κ3) is 6.00. The van der Waals surface area contributed by atoms with Gasteiger partial charge in [0.25, 0.3) is 0 Å². The number of ketones is 1. The molecule has 0 radical (unpaired) electrons. The molecule has 12 unspecified atom stereocenters. The third-order valence-corrected chi connectivity index (χ3v) is 13.5. The van der Waals surface area contributed by atoms with Crippen molar-refractivity contribution < 1.29 is 52.2 Å². The lowest BCUT2D eigenvalue weighted by Crippen LogP contribution is -2.61. The molecule has 10 rings (SSSR count). The van der Waals surface area contributed by atoms with Crippen LogP contribution in [-0.2, 0) is 52.2 Å². The molecular formula is C39H54O11. The summed E-state index contributed by atoms with van der Waals surface area (Å²) in [6.07, 6.45) is 6.39. The van der Waals surface area contributed by atoms with Crippen LogP contribution in [0.4, 0.5) is 0 Å². The first-order chi connectivity index (χ1) is 24.2. The molecule has 18 atom stereocenters. The third-order valence-electron chi connectivity index (χ3n) is 13.5. The molecule has 0 aliphatic carbocycles. The van der Waals surface area contributed by atoms with Crippen LogP contribution in [0.2, 0.25) is 0 Å². The van der Waals surface area contributed by atoms with Gasteiger partial charge in [-0.25, -0.2) is 0 Å². The summed E-state index contributed by atoms with van der Waals surface area (Å²) in [4.78, 5) is 25.6. The van der Waals surface area contributed by atoms with Gasteiger partial charge in [-0.1, -0.05) is 20.1 Å². The van der Waals surface area contributed by atoms with Crippen LogP contribution >= 0.6 is 0 Å². The molecule has 1 spiro atoms. The molecule has 0 amide bonds. The van der Waals surface area contributed by atoms with Crippen molar-refractivity contribution >= 4 is 12.1 Å². The molecule has 10 aliphatic rings. The molecule has 0 aromatic rings. The Bertz CT molecular complexity index is 1350. The molecule has 0 saturated carbocycles. The van der Waals surface area contributed by atoms with Gasteiger partial charge in [0.2, 0.25) is 0 Å². The molecule has 10 heterocycles. The first kappa shape index (κ1) is 34.2. The Kier molecular flexibility index (Phi) is 9.17. The molecule has 10 saturated heterocycles. The van der Waals surface area contributed by atoms with Gasteiger partial charge in [-0.2, -0.15) is 0 Å². The van der Waals surface area contributed by atoms with Gasteiger partial charge in [-0.3, -0.25) is 4.79 Å². The second-order valence-corrected chi connectivity index (χ2v) is 16.7. The van der Waals surface area contributed by atoms with E-state index in [1.54, 1.807) is 7.11 Å². The molecule has 276 valence electrons. The lowest BCUT2D eigenvalue weighted by molar-refractivity contribution is -0.292. The van der Waals surface area contributed by atoms with Gasteiger partial charge >= 0.3 is 0 Å². The van der Waals surface area contributed by atoms with Crippen LogP contribution in [0.5, 0.6) is 0 Å². The number of rotatable bonds is 3. The highest BCUT2D eigenvalue weighted by molar-refractivity contribution is 5.79. The molecule has 10 fully saturated rings. The molecule has 0 aromatic carbocycles. The highest BCUT2D eigenvalue weighted by Gasteiger charge is 2.68. The van der Waals surface area contributed by atoms with Crippen LogP contribution in [0.15, 0.2) is 24.3 Å². The summed E-state index contributed by atoms with van der Waals surface area (Å²) in [5.41, 5.74) is 2.20. The smallest absolute Gasteiger partial charge is 0.172 e. The normalized spacial score (nSPS) is 53.2. The second kappa shape index (κ2) is 13.4. The maximum Gasteiger partial charge on any atom is 0.172 e. The van der Waals surface area contributed by atoms with Crippen molar-refractivity contribution in [2.75, 3.05) is 7.11 Å². The minimum absolute atomic E-state index is 0.0117. The molecule has 11 heteroatoms. The Morgan fingerprint density at radius 1 is 0.760 bits per heavy atom. The van der Waals surface area contributed by atoms with E-state index in [1.807, 2.05) is 0 Å². The molecule has 0 aromatic heterocycles. The van der Waals surface area contributed by atoms with Crippen molar-refractivity contribution in [2.45, 2.75) is 188 Å². The Balaban J connectivity index is 0.996. The predicted molar refractivity (Wildman–Crippen MR) is 177 cm³/mol. The number of aldehydes is 1. The largest absolute Gasteiger partial charge is 0.378 e. The van der Waals surface area contributed by atoms with Gasteiger partial charge in [0.1, 0.15) is 42.6 Å². The van der Waals surface area contributed by atoms with E-state index in [4.69, 9.17) is 42.6 Å². The van der Waals surface area contributed by atoms with Crippen LogP contribution in [0.3, 0.4) is 0 Å². The number of fused-ring (bicyclic) bond motifs is 6. The molecule has 50 heavy (non-hydrogen) atoms. The van der Waals surface area contributed by atoms with E-state index in [0.717, 1.165) is 62.4 Å². The Hall–Kier alpha value is -1.54. The molecule has 12 bridgehead atoms. The van der Waals surface area contributed by atoms with E-state index in [1.165, 1.54) is 0 Å². The lowest BCUT2D eigenvalue weighted by atomic mass is 9.81. The lowest BCUT2D eigenvalue weighted by Gasteiger charge is -2.47. The van der Waals surface area contributed by atoms with Crippen molar-refractivity contribution in [1.29, 1.82) is 0 Å². The van der Waals surface area contributed by atoms with Crippen molar-refractivity contribution in [1.82, 2.24) is 0 Å². The fraction of sp³-hybridized carbons (Fsp3) is 0.846. The van der Waals surface area contributed by atoms with Crippen molar-refractivity contribution in [2.24, 2.45) is 11.8 Å². The maximum atomic E-state index is 13.9. The van der Waals surface area contributed by atoms with Crippen molar-refractivity contribution in [3.05, 3.63) is 24.3 Å². The van der Waals surface area contributed by atoms with Crippen molar-refractivity contribution in [3.63, 3.8) is 0 Å². The summed E-state index contributed by atoms with van der Waals surface area (Å²) in [5.74, 6) is -0.608. The van der Waals surface area contributed by atoms with Gasteiger partial charge in [0, 0.05) is 51.6 Å². The average Bonchev–Trinajstić information content (AvgIpc) is 3.76. The first-order valence-electron chi connectivity index (χ1n) is 19.3. The number of hydrogen-bond donors (Lipinski definition) is 0. The zero-order valence-corrected chi connectivity index (χ0v) is 29.5. The van der Waals surface area contributed by atoms with E-state index in [0.29, 0.717) is 19.3 Å². The number of Topliss-reactive ketones (excluding diaryl/α,β-unsaturated/α-hetero) is 1. The fourth-order valence-corrected chi connectivity index (χ4v) is 11.0. The topological polar surface area (TPSA) is 117 Å². The fourth-order valence-electron chi connectivity index (χ4n) is 11.0. The van der Waals surface area contributed by atoms with Crippen molar-refractivity contribution in [3.8, 4) is 0 Å². The van der Waals surface area contributed by atoms with E-state index in [2.05, 4.69) is 20.1 Å². The molecule has 11 nitrogen and oxygen atoms in total. The van der Waals surface area contributed by atoms with Crippen LogP contribution < -0.4 is 0 Å². The highest BCUT2D eigenvalue weighted by atomic mass is 16.8. The quantitative estimate of drug-likeness (QED) is 0.310. The Morgan fingerprint density at radius 2 is 1.52 bits per heavy atom. The van der Waals surface area contributed by atoms with Crippen LogP contribution in [0, 0.1) is 11.8 Å². The van der Waals surface area contributed by atoms with Gasteiger partial charge < -0.3 is 47.4 Å². The second-order valence-electron chi connectivity index (χ2n) is 16.7. The number of carbonyl (C=O) groups excluding carboxylic acids is 2. The minimum Gasteiger partial charge on any atom is -0.378 e. The maximum absolute atomic E-state index is 13.9. The van der Waals surface area contributed by atoms with E-state index in [9.17, 15) is 9.59 Å². The Labute approximate surface area is 295 Å². The minimum atomic E-state index is -0.776.